The molecule has 5 nitrogen and oxygen atoms in total. The fourth-order valence-corrected chi connectivity index (χ4v) is 1.49. The molecule has 90 valence electrons. The third-order valence-corrected chi connectivity index (χ3v) is 2.32. The van der Waals surface area contributed by atoms with Crippen molar-refractivity contribution >= 4 is 0 Å². The van der Waals surface area contributed by atoms with Crippen LogP contribution in [0, 0.1) is 0 Å². The number of pyridine rings is 1. The van der Waals surface area contributed by atoms with E-state index >= 15 is 0 Å². The summed E-state index contributed by atoms with van der Waals surface area (Å²) in [4.78, 5) is 8.28. The van der Waals surface area contributed by atoms with E-state index in [0.717, 1.165) is 18.5 Å². The largest absolute Gasteiger partial charge is 0.338 e. The van der Waals surface area contributed by atoms with Crippen LogP contribution in [0.1, 0.15) is 30.6 Å². The lowest BCUT2D eigenvalue weighted by molar-refractivity contribution is 0.363. The van der Waals surface area contributed by atoms with Crippen LogP contribution in [0.25, 0.3) is 0 Å². The van der Waals surface area contributed by atoms with Crippen molar-refractivity contribution in [2.75, 3.05) is 6.54 Å². The van der Waals surface area contributed by atoms with E-state index in [1.54, 1.807) is 12.4 Å². The van der Waals surface area contributed by atoms with Crippen molar-refractivity contribution in [2.24, 2.45) is 0 Å². The van der Waals surface area contributed by atoms with E-state index in [9.17, 15) is 0 Å². The van der Waals surface area contributed by atoms with E-state index in [2.05, 4.69) is 27.4 Å². The van der Waals surface area contributed by atoms with Crippen molar-refractivity contribution in [3.05, 3.63) is 41.8 Å². The van der Waals surface area contributed by atoms with Crippen LogP contribution in [0.15, 0.2) is 29.0 Å². The maximum Gasteiger partial charge on any atom is 0.240 e. The Balaban J connectivity index is 1.90. The number of aromatic nitrogens is 3. The van der Waals surface area contributed by atoms with Crippen LogP contribution in [0.3, 0.4) is 0 Å². The molecule has 2 aromatic heterocycles. The minimum absolute atomic E-state index is 0.636. The molecule has 0 aromatic carbocycles. The maximum atomic E-state index is 5.14. The fraction of sp³-hybridized carbons (Fsp3) is 0.417. The lowest BCUT2D eigenvalue weighted by Gasteiger charge is -1.96. The van der Waals surface area contributed by atoms with Gasteiger partial charge in [0.25, 0.3) is 0 Å². The molecule has 0 radical (unpaired) electrons. The van der Waals surface area contributed by atoms with Gasteiger partial charge in [0.2, 0.25) is 5.89 Å². The molecule has 0 saturated heterocycles. The van der Waals surface area contributed by atoms with Crippen LogP contribution in [0.5, 0.6) is 0 Å². The van der Waals surface area contributed by atoms with Crippen molar-refractivity contribution in [3.63, 3.8) is 0 Å². The van der Waals surface area contributed by atoms with Gasteiger partial charge in [-0.3, -0.25) is 4.98 Å². The summed E-state index contributed by atoms with van der Waals surface area (Å²) < 4.78 is 5.14. The first-order valence-corrected chi connectivity index (χ1v) is 5.79. The van der Waals surface area contributed by atoms with Crippen LogP contribution in [0.4, 0.5) is 0 Å². The summed E-state index contributed by atoms with van der Waals surface area (Å²) in [5.41, 5.74) is 1.13. The molecule has 2 rings (SSSR count). The Labute approximate surface area is 100 Å². The van der Waals surface area contributed by atoms with E-state index in [1.807, 2.05) is 12.1 Å². The van der Waals surface area contributed by atoms with Crippen molar-refractivity contribution < 1.29 is 4.52 Å². The van der Waals surface area contributed by atoms with E-state index in [-0.39, 0.29) is 0 Å². The van der Waals surface area contributed by atoms with Gasteiger partial charge in [-0.2, -0.15) is 4.98 Å². The number of hydrogen-bond acceptors (Lipinski definition) is 5. The Morgan fingerprint density at radius 2 is 2.12 bits per heavy atom. The quantitative estimate of drug-likeness (QED) is 0.766. The summed E-state index contributed by atoms with van der Waals surface area (Å²) in [6.45, 7) is 3.72. The topological polar surface area (TPSA) is 63.8 Å². The Morgan fingerprint density at radius 3 is 2.88 bits per heavy atom. The van der Waals surface area contributed by atoms with Gasteiger partial charge in [0, 0.05) is 18.8 Å². The van der Waals surface area contributed by atoms with Gasteiger partial charge >= 0.3 is 0 Å². The monoisotopic (exact) mass is 232 g/mol. The molecule has 2 aromatic rings. The second-order valence-electron chi connectivity index (χ2n) is 3.81. The molecule has 0 aliphatic rings. The maximum absolute atomic E-state index is 5.14. The molecule has 17 heavy (non-hydrogen) atoms. The highest BCUT2D eigenvalue weighted by Crippen LogP contribution is 2.05. The van der Waals surface area contributed by atoms with Gasteiger partial charge in [0.15, 0.2) is 5.82 Å². The van der Waals surface area contributed by atoms with Crippen LogP contribution >= 0.6 is 0 Å². The Bertz CT molecular complexity index is 441. The van der Waals surface area contributed by atoms with E-state index in [4.69, 9.17) is 4.52 Å². The zero-order chi connectivity index (χ0) is 11.9. The van der Waals surface area contributed by atoms with Gasteiger partial charge in [-0.05, 0) is 30.7 Å². The van der Waals surface area contributed by atoms with E-state index in [1.165, 1.54) is 0 Å². The zero-order valence-corrected chi connectivity index (χ0v) is 9.89. The minimum Gasteiger partial charge on any atom is -0.338 e. The smallest absolute Gasteiger partial charge is 0.240 e. The molecule has 0 atom stereocenters. The molecule has 1 N–H and O–H groups in total. The Hall–Kier alpha value is -1.75. The fourth-order valence-electron chi connectivity index (χ4n) is 1.49. The molecular weight excluding hydrogens is 216 g/mol. The van der Waals surface area contributed by atoms with Gasteiger partial charge in [-0.15, -0.1) is 0 Å². The molecule has 5 heteroatoms. The van der Waals surface area contributed by atoms with Crippen molar-refractivity contribution in [1.29, 1.82) is 0 Å². The summed E-state index contributed by atoms with van der Waals surface area (Å²) in [5.74, 6) is 1.35. The normalized spacial score (nSPS) is 10.6. The molecule has 0 aliphatic heterocycles. The van der Waals surface area contributed by atoms with E-state index < -0.39 is 0 Å². The first-order chi connectivity index (χ1) is 8.38. The molecule has 0 fully saturated rings. The standard InChI is InChI=1S/C12H16N4O/c1-2-5-14-9-12-15-11(16-17-12)8-10-3-6-13-7-4-10/h3-4,6-7,14H,2,5,8-9H2,1H3. The third-order valence-electron chi connectivity index (χ3n) is 2.32. The SMILES string of the molecule is CCCNCc1nc(Cc2ccncc2)no1. The van der Waals surface area contributed by atoms with E-state index in [0.29, 0.717) is 24.7 Å². The zero-order valence-electron chi connectivity index (χ0n) is 9.89. The summed E-state index contributed by atoms with van der Waals surface area (Å²) in [6, 6.07) is 3.90. The predicted octanol–water partition coefficient (Wildman–Crippen LogP) is 1.55. The first kappa shape index (κ1) is 11.7. The van der Waals surface area contributed by atoms with Gasteiger partial charge in [0.1, 0.15) is 0 Å². The lowest BCUT2D eigenvalue weighted by atomic mass is 10.2. The van der Waals surface area contributed by atoms with Crippen LogP contribution in [-0.2, 0) is 13.0 Å². The van der Waals surface area contributed by atoms with Crippen molar-refractivity contribution in [1.82, 2.24) is 20.4 Å². The molecule has 0 spiro atoms. The number of nitrogens with zero attached hydrogens (tertiary/aromatic N) is 3. The summed E-state index contributed by atoms with van der Waals surface area (Å²) >= 11 is 0. The average molecular weight is 232 g/mol. The van der Waals surface area contributed by atoms with Gasteiger partial charge in [-0.1, -0.05) is 12.1 Å². The molecule has 0 amide bonds. The van der Waals surface area contributed by atoms with Crippen molar-refractivity contribution in [2.45, 2.75) is 26.3 Å². The molecule has 0 unspecified atom stereocenters. The summed E-state index contributed by atoms with van der Waals surface area (Å²) in [5, 5.41) is 7.17. The molecule has 0 aliphatic carbocycles. The van der Waals surface area contributed by atoms with Gasteiger partial charge in [-0.25, -0.2) is 0 Å². The Morgan fingerprint density at radius 1 is 1.29 bits per heavy atom. The Kier molecular flexibility index (Phi) is 4.21. The van der Waals surface area contributed by atoms with Crippen LogP contribution in [-0.4, -0.2) is 21.7 Å². The van der Waals surface area contributed by atoms with Crippen LogP contribution < -0.4 is 5.32 Å². The highest BCUT2D eigenvalue weighted by atomic mass is 16.5. The van der Waals surface area contributed by atoms with Crippen molar-refractivity contribution in [3.8, 4) is 0 Å². The number of rotatable bonds is 6. The molecular formula is C12H16N4O. The first-order valence-electron chi connectivity index (χ1n) is 5.79. The number of hydrogen-bond donors (Lipinski definition) is 1. The molecule has 0 bridgehead atoms. The minimum atomic E-state index is 0.636. The highest BCUT2D eigenvalue weighted by Gasteiger charge is 2.06. The molecule has 2 heterocycles. The molecule has 0 saturated carbocycles. The summed E-state index contributed by atoms with van der Waals surface area (Å²) in [7, 11) is 0. The highest BCUT2D eigenvalue weighted by molar-refractivity contribution is 5.14. The third kappa shape index (κ3) is 3.64. The summed E-state index contributed by atoms with van der Waals surface area (Å²) in [6.07, 6.45) is 5.30. The lowest BCUT2D eigenvalue weighted by Crippen LogP contribution is -2.13. The predicted molar refractivity (Wildman–Crippen MR) is 63.3 cm³/mol. The average Bonchev–Trinajstić information content (AvgIpc) is 2.79. The number of nitrogens with one attached hydrogen (secondary N) is 1. The van der Waals surface area contributed by atoms with Gasteiger partial charge in [0.05, 0.1) is 6.54 Å². The second kappa shape index (κ2) is 6.10. The van der Waals surface area contributed by atoms with Crippen LogP contribution in [0.2, 0.25) is 0 Å². The van der Waals surface area contributed by atoms with Gasteiger partial charge < -0.3 is 9.84 Å². The second-order valence-corrected chi connectivity index (χ2v) is 3.81.